The lowest BCUT2D eigenvalue weighted by Gasteiger charge is -2.47. The highest BCUT2D eigenvalue weighted by Crippen LogP contribution is 2.52. The molecule has 0 spiro atoms. The van der Waals surface area contributed by atoms with Gasteiger partial charge in [0.2, 0.25) is 0 Å². The third-order valence-corrected chi connectivity index (χ3v) is 6.41. The largest absolute Gasteiger partial charge is 0.378 e. The maximum Gasteiger partial charge on any atom is 0.158 e. The van der Waals surface area contributed by atoms with E-state index in [0.29, 0.717) is 17.1 Å². The number of fused-ring (bicyclic) bond motifs is 1. The number of anilines is 1. The van der Waals surface area contributed by atoms with E-state index in [4.69, 9.17) is 0 Å². The Hall–Kier alpha value is -1.83. The van der Waals surface area contributed by atoms with E-state index in [1.807, 2.05) is 20.2 Å². The van der Waals surface area contributed by atoms with Gasteiger partial charge in [-0.3, -0.25) is 4.79 Å². The lowest BCUT2D eigenvalue weighted by Crippen LogP contribution is -2.38. The van der Waals surface area contributed by atoms with Crippen molar-refractivity contribution in [2.75, 3.05) is 19.0 Å². The molecule has 0 radical (unpaired) electrons. The van der Waals surface area contributed by atoms with Gasteiger partial charge in [-0.1, -0.05) is 36.8 Å². The SMILES string of the molecule is CC1=CCCC2(C)CCC(C(=O)C=Cc3ccc(N(C)C)cc3)CC12. The monoisotopic (exact) mass is 337 g/mol. The van der Waals surface area contributed by atoms with E-state index >= 15 is 0 Å². The molecule has 0 aromatic heterocycles. The molecular formula is C23H31NO. The predicted octanol–water partition coefficient (Wildman–Crippen LogP) is 5.50. The zero-order chi connectivity index (χ0) is 18.0. The van der Waals surface area contributed by atoms with Crippen LogP contribution in [0.2, 0.25) is 0 Å². The van der Waals surface area contributed by atoms with Crippen molar-refractivity contribution in [2.45, 2.75) is 46.0 Å². The van der Waals surface area contributed by atoms with Crippen LogP contribution in [0.4, 0.5) is 5.69 Å². The van der Waals surface area contributed by atoms with E-state index in [1.165, 1.54) is 30.5 Å². The van der Waals surface area contributed by atoms with Crippen LogP contribution in [-0.2, 0) is 4.79 Å². The molecule has 3 atom stereocenters. The molecule has 2 nitrogen and oxygen atoms in total. The molecule has 3 rings (SSSR count). The first-order chi connectivity index (χ1) is 11.9. The van der Waals surface area contributed by atoms with Crippen LogP contribution >= 0.6 is 0 Å². The zero-order valence-corrected chi connectivity index (χ0v) is 16.1. The van der Waals surface area contributed by atoms with E-state index < -0.39 is 0 Å². The smallest absolute Gasteiger partial charge is 0.158 e. The molecule has 0 amide bonds. The van der Waals surface area contributed by atoms with Gasteiger partial charge in [-0.05, 0) is 74.1 Å². The van der Waals surface area contributed by atoms with Gasteiger partial charge in [-0.25, -0.2) is 0 Å². The molecule has 134 valence electrons. The second-order valence-corrected chi connectivity index (χ2v) is 8.39. The number of benzene rings is 1. The fraction of sp³-hybridized carbons (Fsp3) is 0.522. The van der Waals surface area contributed by atoms with Crippen LogP contribution in [0.15, 0.2) is 42.0 Å². The molecule has 0 heterocycles. The average Bonchev–Trinajstić information content (AvgIpc) is 2.59. The second kappa shape index (κ2) is 7.19. The summed E-state index contributed by atoms with van der Waals surface area (Å²) in [7, 11) is 4.07. The fourth-order valence-electron chi connectivity index (χ4n) is 4.63. The normalized spacial score (nSPS) is 29.2. The molecule has 2 aliphatic carbocycles. The first-order valence-electron chi connectivity index (χ1n) is 9.55. The van der Waals surface area contributed by atoms with Gasteiger partial charge in [0.05, 0.1) is 0 Å². The van der Waals surface area contributed by atoms with Gasteiger partial charge >= 0.3 is 0 Å². The van der Waals surface area contributed by atoms with Crippen LogP contribution in [0.25, 0.3) is 6.08 Å². The van der Waals surface area contributed by atoms with Gasteiger partial charge < -0.3 is 4.90 Å². The van der Waals surface area contributed by atoms with Crippen molar-refractivity contribution >= 4 is 17.5 Å². The number of hydrogen-bond donors (Lipinski definition) is 0. The Kier molecular flexibility index (Phi) is 5.17. The van der Waals surface area contributed by atoms with E-state index in [9.17, 15) is 4.79 Å². The number of ketones is 1. The third kappa shape index (κ3) is 3.89. The van der Waals surface area contributed by atoms with Crippen molar-refractivity contribution in [3.8, 4) is 0 Å². The molecule has 2 aliphatic rings. The summed E-state index contributed by atoms with van der Waals surface area (Å²) < 4.78 is 0. The summed E-state index contributed by atoms with van der Waals surface area (Å²) in [5, 5.41) is 0. The maximum atomic E-state index is 12.7. The molecule has 1 fully saturated rings. The summed E-state index contributed by atoms with van der Waals surface area (Å²) in [4.78, 5) is 14.8. The maximum absolute atomic E-state index is 12.7. The minimum Gasteiger partial charge on any atom is -0.378 e. The molecule has 0 saturated heterocycles. The standard InChI is InChI=1S/C23H31NO/c1-17-6-5-14-23(2)15-13-19(16-21(17)23)22(25)12-9-18-7-10-20(11-8-18)24(3)4/h6-12,19,21H,5,13-16H2,1-4H3. The first kappa shape index (κ1) is 18.0. The summed E-state index contributed by atoms with van der Waals surface area (Å²) in [5.41, 5.74) is 4.19. The molecule has 0 N–H and O–H groups in total. The number of carbonyl (C=O) groups is 1. The molecule has 3 unspecified atom stereocenters. The zero-order valence-electron chi connectivity index (χ0n) is 16.1. The summed E-state index contributed by atoms with van der Waals surface area (Å²) in [6, 6.07) is 8.33. The van der Waals surface area contributed by atoms with Crippen LogP contribution in [-0.4, -0.2) is 19.9 Å². The molecule has 0 aliphatic heterocycles. The summed E-state index contributed by atoms with van der Waals surface area (Å²) in [5.74, 6) is 1.09. The summed E-state index contributed by atoms with van der Waals surface area (Å²) in [6.07, 6.45) is 11.9. The van der Waals surface area contributed by atoms with Crippen molar-refractivity contribution in [1.29, 1.82) is 0 Å². The van der Waals surface area contributed by atoms with E-state index in [2.05, 4.69) is 49.1 Å². The lowest BCUT2D eigenvalue weighted by atomic mass is 9.58. The average molecular weight is 338 g/mol. The highest BCUT2D eigenvalue weighted by atomic mass is 16.1. The fourth-order valence-corrected chi connectivity index (χ4v) is 4.63. The number of hydrogen-bond acceptors (Lipinski definition) is 2. The minimum absolute atomic E-state index is 0.192. The molecule has 1 saturated carbocycles. The first-order valence-corrected chi connectivity index (χ1v) is 9.55. The Labute approximate surface area is 152 Å². The number of rotatable bonds is 4. The Balaban J connectivity index is 1.65. The van der Waals surface area contributed by atoms with Gasteiger partial charge in [0.1, 0.15) is 0 Å². The Bertz CT molecular complexity index is 683. The van der Waals surface area contributed by atoms with Gasteiger partial charge in [-0.15, -0.1) is 0 Å². The van der Waals surface area contributed by atoms with E-state index in [-0.39, 0.29) is 5.92 Å². The number of nitrogens with zero attached hydrogens (tertiary/aromatic N) is 1. The van der Waals surface area contributed by atoms with Crippen molar-refractivity contribution < 1.29 is 4.79 Å². The van der Waals surface area contributed by atoms with Gasteiger partial charge in [0, 0.05) is 25.7 Å². The molecular weight excluding hydrogens is 306 g/mol. The second-order valence-electron chi connectivity index (χ2n) is 8.39. The van der Waals surface area contributed by atoms with Gasteiger partial charge in [0.15, 0.2) is 5.78 Å². The van der Waals surface area contributed by atoms with E-state index in [1.54, 1.807) is 6.08 Å². The molecule has 25 heavy (non-hydrogen) atoms. The predicted molar refractivity (Wildman–Crippen MR) is 107 cm³/mol. The molecule has 2 heteroatoms. The Morgan fingerprint density at radius 1 is 1.20 bits per heavy atom. The highest BCUT2D eigenvalue weighted by Gasteiger charge is 2.42. The Morgan fingerprint density at radius 2 is 1.92 bits per heavy atom. The summed E-state index contributed by atoms with van der Waals surface area (Å²) >= 11 is 0. The van der Waals surface area contributed by atoms with Crippen LogP contribution in [0, 0.1) is 17.3 Å². The number of carbonyl (C=O) groups excluding carboxylic acids is 1. The van der Waals surface area contributed by atoms with E-state index in [0.717, 1.165) is 18.4 Å². The minimum atomic E-state index is 0.192. The Morgan fingerprint density at radius 3 is 2.60 bits per heavy atom. The van der Waals surface area contributed by atoms with Crippen LogP contribution in [0.5, 0.6) is 0 Å². The molecule has 1 aromatic rings. The lowest BCUT2D eigenvalue weighted by molar-refractivity contribution is -0.120. The van der Waals surface area contributed by atoms with Crippen LogP contribution < -0.4 is 4.90 Å². The van der Waals surface area contributed by atoms with Crippen molar-refractivity contribution in [3.05, 3.63) is 47.6 Å². The van der Waals surface area contributed by atoms with Crippen molar-refractivity contribution in [3.63, 3.8) is 0 Å². The van der Waals surface area contributed by atoms with Crippen molar-refractivity contribution in [1.82, 2.24) is 0 Å². The van der Waals surface area contributed by atoms with Crippen LogP contribution in [0.1, 0.15) is 51.5 Å². The topological polar surface area (TPSA) is 20.3 Å². The summed E-state index contributed by atoms with van der Waals surface area (Å²) in [6.45, 7) is 4.69. The quantitative estimate of drug-likeness (QED) is 0.534. The van der Waals surface area contributed by atoms with Gasteiger partial charge in [-0.2, -0.15) is 0 Å². The van der Waals surface area contributed by atoms with Gasteiger partial charge in [0.25, 0.3) is 0 Å². The van der Waals surface area contributed by atoms with Crippen LogP contribution in [0.3, 0.4) is 0 Å². The van der Waals surface area contributed by atoms with Crippen molar-refractivity contribution in [2.24, 2.45) is 17.3 Å². The third-order valence-electron chi connectivity index (χ3n) is 6.41. The molecule has 0 bridgehead atoms. The molecule has 1 aromatic carbocycles. The number of allylic oxidation sites excluding steroid dienone is 3. The highest BCUT2D eigenvalue weighted by molar-refractivity contribution is 5.95.